The van der Waals surface area contributed by atoms with Crippen LogP contribution >= 0.6 is 11.3 Å². The summed E-state index contributed by atoms with van der Waals surface area (Å²) in [5.41, 5.74) is 1.77. The van der Waals surface area contributed by atoms with E-state index in [1.165, 1.54) is 11.3 Å². The van der Waals surface area contributed by atoms with Crippen LogP contribution in [0.15, 0.2) is 48.5 Å². The summed E-state index contributed by atoms with van der Waals surface area (Å²) in [6.07, 6.45) is 5.36. The highest BCUT2D eigenvalue weighted by atomic mass is 32.1. The lowest BCUT2D eigenvalue weighted by molar-refractivity contribution is -0.125. The first-order chi connectivity index (χ1) is 20.9. The molecule has 2 aromatic carbocycles. The minimum Gasteiger partial charge on any atom is -0.496 e. The first kappa shape index (κ1) is 28.9. The molecule has 4 aromatic rings. The number of Topliss-reactive ketones (excluding diaryl/α,β-unsaturated/α-hetero) is 1. The standard InChI is InChI=1S/C32H35N5O5S/c1-42-26-11-6-10-21-20(26)17-25(34-21)31(41)36-24(15-18-7-2-3-8-18)30(40)35-23(16-19-13-14-33-29(19)39)28(38)32-37-22-9-4-5-12-27(22)43-32/h4-6,9-12,17-19,23-24,34H,2-3,7-8,13-16H2,1H3,(H,33,39)(H,35,40)(H,36,41)/t19-,23-,24-/m0/s1. The van der Waals surface area contributed by atoms with Gasteiger partial charge in [-0.2, -0.15) is 0 Å². The fourth-order valence-corrected chi connectivity index (χ4v) is 7.22. The maximum atomic E-state index is 13.9. The first-order valence-corrected chi connectivity index (χ1v) is 15.7. The van der Waals surface area contributed by atoms with Crippen molar-refractivity contribution in [1.82, 2.24) is 25.9 Å². The van der Waals surface area contributed by atoms with E-state index in [4.69, 9.17) is 4.74 Å². The molecule has 0 unspecified atom stereocenters. The number of nitrogens with one attached hydrogen (secondary N) is 4. The Morgan fingerprint density at radius 1 is 1.02 bits per heavy atom. The molecule has 3 atom stereocenters. The van der Waals surface area contributed by atoms with Gasteiger partial charge in [-0.1, -0.05) is 43.9 Å². The predicted molar refractivity (Wildman–Crippen MR) is 164 cm³/mol. The number of thiazole rings is 1. The Kier molecular flexibility index (Phi) is 8.42. The average Bonchev–Trinajstić information content (AvgIpc) is 3.83. The molecule has 1 aliphatic heterocycles. The minimum absolute atomic E-state index is 0.124. The number of carbonyl (C=O) groups is 4. The molecule has 2 aromatic heterocycles. The summed E-state index contributed by atoms with van der Waals surface area (Å²) in [4.78, 5) is 61.3. The van der Waals surface area contributed by atoms with Gasteiger partial charge in [0, 0.05) is 23.4 Å². The lowest BCUT2D eigenvalue weighted by Gasteiger charge is -2.25. The van der Waals surface area contributed by atoms with E-state index in [1.54, 1.807) is 13.2 Å². The van der Waals surface area contributed by atoms with Crippen molar-refractivity contribution in [3.63, 3.8) is 0 Å². The highest BCUT2D eigenvalue weighted by Gasteiger charge is 2.35. The van der Waals surface area contributed by atoms with E-state index in [0.29, 0.717) is 36.3 Å². The lowest BCUT2D eigenvalue weighted by atomic mass is 9.94. The summed E-state index contributed by atoms with van der Waals surface area (Å²) in [5, 5.41) is 9.75. The predicted octanol–water partition coefficient (Wildman–Crippen LogP) is 4.36. The largest absolute Gasteiger partial charge is 0.496 e. The quantitative estimate of drug-likeness (QED) is 0.188. The molecule has 6 rings (SSSR count). The number of ketones is 1. The molecule has 11 heteroatoms. The number of hydrogen-bond donors (Lipinski definition) is 4. The van der Waals surface area contributed by atoms with Crippen molar-refractivity contribution in [2.45, 2.75) is 57.0 Å². The van der Waals surface area contributed by atoms with E-state index in [-0.39, 0.29) is 29.0 Å². The van der Waals surface area contributed by atoms with Gasteiger partial charge in [0.15, 0.2) is 5.01 Å². The number of fused-ring (bicyclic) bond motifs is 2. The van der Waals surface area contributed by atoms with Crippen LogP contribution in [-0.4, -0.2) is 59.2 Å². The average molecular weight is 602 g/mol. The van der Waals surface area contributed by atoms with Gasteiger partial charge in [-0.05, 0) is 55.5 Å². The summed E-state index contributed by atoms with van der Waals surface area (Å²) in [7, 11) is 1.57. The van der Waals surface area contributed by atoms with E-state index in [1.807, 2.05) is 42.5 Å². The Balaban J connectivity index is 1.25. The summed E-state index contributed by atoms with van der Waals surface area (Å²) >= 11 is 1.27. The van der Waals surface area contributed by atoms with E-state index in [2.05, 4.69) is 25.9 Å². The van der Waals surface area contributed by atoms with Crippen molar-refractivity contribution >= 4 is 56.0 Å². The van der Waals surface area contributed by atoms with E-state index in [0.717, 1.165) is 41.3 Å². The Labute approximate surface area is 253 Å². The van der Waals surface area contributed by atoms with Gasteiger partial charge in [0.25, 0.3) is 5.91 Å². The van der Waals surface area contributed by atoms with Crippen LogP contribution in [0.25, 0.3) is 21.1 Å². The monoisotopic (exact) mass is 601 g/mol. The number of amides is 3. The number of H-pyrrole nitrogens is 1. The lowest BCUT2D eigenvalue weighted by Crippen LogP contribution is -2.52. The number of hydrogen-bond acceptors (Lipinski definition) is 7. The molecule has 1 saturated heterocycles. The van der Waals surface area contributed by atoms with Gasteiger partial charge >= 0.3 is 0 Å². The summed E-state index contributed by atoms with van der Waals surface area (Å²) < 4.78 is 6.30. The second-order valence-corrected chi connectivity index (χ2v) is 12.5. The zero-order valence-corrected chi connectivity index (χ0v) is 24.8. The summed E-state index contributed by atoms with van der Waals surface area (Å²) in [6.45, 7) is 0.537. The van der Waals surface area contributed by atoms with E-state index < -0.39 is 29.8 Å². The van der Waals surface area contributed by atoms with Gasteiger partial charge in [0.1, 0.15) is 17.5 Å². The van der Waals surface area contributed by atoms with E-state index in [9.17, 15) is 19.2 Å². The molecule has 0 radical (unpaired) electrons. The molecule has 10 nitrogen and oxygen atoms in total. The van der Waals surface area contributed by atoms with E-state index >= 15 is 0 Å². The smallest absolute Gasteiger partial charge is 0.268 e. The SMILES string of the molecule is COc1cccc2[nH]c(C(=O)N[C@@H](CC3CCCC3)C(=O)N[C@@H](C[C@@H]3CCNC3=O)C(=O)c3nc4ccccc4s3)cc12. The Bertz CT molecular complexity index is 1640. The summed E-state index contributed by atoms with van der Waals surface area (Å²) in [5.74, 6) is -0.775. The maximum Gasteiger partial charge on any atom is 0.268 e. The zero-order valence-electron chi connectivity index (χ0n) is 24.0. The Morgan fingerprint density at radius 3 is 2.58 bits per heavy atom. The highest BCUT2D eigenvalue weighted by molar-refractivity contribution is 7.20. The molecule has 2 aliphatic rings. The third kappa shape index (κ3) is 6.27. The van der Waals surface area contributed by atoms with Crippen LogP contribution in [0.2, 0.25) is 0 Å². The molecule has 224 valence electrons. The van der Waals surface area contributed by atoms with Crippen molar-refractivity contribution in [3.8, 4) is 5.75 Å². The molecule has 4 N–H and O–H groups in total. The molecule has 43 heavy (non-hydrogen) atoms. The number of benzene rings is 2. The van der Waals surface area contributed by atoms with Gasteiger partial charge in [-0.25, -0.2) is 4.98 Å². The fraction of sp³-hybridized carbons (Fsp3) is 0.406. The number of rotatable bonds is 11. The topological polar surface area (TPSA) is 142 Å². The van der Waals surface area contributed by atoms with Crippen molar-refractivity contribution < 1.29 is 23.9 Å². The van der Waals surface area contributed by atoms with Gasteiger partial charge < -0.3 is 25.7 Å². The number of carbonyl (C=O) groups excluding carboxylic acids is 4. The van der Waals surface area contributed by atoms with Gasteiger partial charge in [-0.15, -0.1) is 11.3 Å². The number of aromatic nitrogens is 2. The molecule has 0 spiro atoms. The maximum absolute atomic E-state index is 13.9. The Hall–Kier alpha value is -4.25. The van der Waals surface area contributed by atoms with Crippen LogP contribution < -0.4 is 20.7 Å². The third-order valence-electron chi connectivity index (χ3n) is 8.57. The molecule has 2 fully saturated rings. The van der Waals surface area contributed by atoms with Crippen molar-refractivity contribution in [1.29, 1.82) is 0 Å². The number of aromatic amines is 1. The van der Waals surface area contributed by atoms with Gasteiger partial charge in [-0.3, -0.25) is 19.2 Å². The van der Waals surface area contributed by atoms with Crippen molar-refractivity contribution in [3.05, 3.63) is 59.2 Å². The van der Waals surface area contributed by atoms with Crippen LogP contribution in [0.1, 0.15) is 65.2 Å². The van der Waals surface area contributed by atoms with Gasteiger partial charge in [0.2, 0.25) is 17.6 Å². The first-order valence-electron chi connectivity index (χ1n) is 14.8. The van der Waals surface area contributed by atoms with Crippen LogP contribution in [0, 0.1) is 11.8 Å². The number of ether oxygens (including phenoxy) is 1. The second kappa shape index (κ2) is 12.5. The molecule has 1 aliphatic carbocycles. The highest BCUT2D eigenvalue weighted by Crippen LogP contribution is 2.30. The number of para-hydroxylation sites is 1. The van der Waals surface area contributed by atoms with Crippen molar-refractivity contribution in [2.24, 2.45) is 11.8 Å². The molecule has 0 bridgehead atoms. The Morgan fingerprint density at radius 2 is 1.84 bits per heavy atom. The normalized spacial score (nSPS) is 18.4. The van der Waals surface area contributed by atoms with Crippen LogP contribution in [0.4, 0.5) is 0 Å². The van der Waals surface area contributed by atoms with Crippen LogP contribution in [0.3, 0.4) is 0 Å². The second-order valence-electron chi connectivity index (χ2n) is 11.4. The molecule has 1 saturated carbocycles. The number of methoxy groups -OCH3 is 1. The summed E-state index contributed by atoms with van der Waals surface area (Å²) in [6, 6.07) is 12.9. The number of nitrogens with zero attached hydrogens (tertiary/aromatic N) is 1. The fourth-order valence-electron chi connectivity index (χ4n) is 6.26. The van der Waals surface area contributed by atoms with Crippen molar-refractivity contribution in [2.75, 3.05) is 13.7 Å². The third-order valence-corrected chi connectivity index (χ3v) is 9.63. The van der Waals surface area contributed by atoms with Crippen LogP contribution in [-0.2, 0) is 9.59 Å². The van der Waals surface area contributed by atoms with Gasteiger partial charge in [0.05, 0.1) is 23.4 Å². The molecular formula is C32H35N5O5S. The molecular weight excluding hydrogens is 566 g/mol. The minimum atomic E-state index is -0.956. The molecule has 3 amide bonds. The van der Waals surface area contributed by atoms with Crippen LogP contribution in [0.5, 0.6) is 5.75 Å². The zero-order chi connectivity index (χ0) is 29.9. The molecule has 3 heterocycles.